The Hall–Kier alpha value is -1.86. The van der Waals surface area contributed by atoms with Crippen LogP contribution in [0.5, 0.6) is 11.6 Å². The van der Waals surface area contributed by atoms with Crippen LogP contribution in [-0.2, 0) is 0 Å². The second-order valence-electron chi connectivity index (χ2n) is 3.74. The smallest absolute Gasteiger partial charge is 0.352 e. The van der Waals surface area contributed by atoms with Gasteiger partial charge in [-0.05, 0) is 36.9 Å². The van der Waals surface area contributed by atoms with Gasteiger partial charge < -0.3 is 4.74 Å². The van der Waals surface area contributed by atoms with Crippen LogP contribution in [0.15, 0.2) is 29.2 Å². The van der Waals surface area contributed by atoms with Crippen molar-refractivity contribution in [3.63, 3.8) is 0 Å². The van der Waals surface area contributed by atoms with E-state index in [9.17, 15) is 10.1 Å². The molecular weight excluding hydrogens is 302 g/mol. The third-order valence-corrected chi connectivity index (χ3v) is 3.40. The monoisotopic (exact) mass is 311 g/mol. The molecule has 0 spiro atoms. The van der Waals surface area contributed by atoms with Crippen molar-refractivity contribution in [1.29, 1.82) is 0 Å². The van der Waals surface area contributed by atoms with Crippen molar-refractivity contribution < 1.29 is 9.66 Å². The van der Waals surface area contributed by atoms with Crippen LogP contribution < -0.4 is 4.74 Å². The molecular formula is C12H10ClN3O3S. The molecule has 104 valence electrons. The standard InChI is InChI=1S/C12H10ClN3O3S/c1-7-10(16(17)18)11(15-12(13)14-7)19-8-5-3-4-6-9(8)20-2/h3-6H,1-2H3. The van der Waals surface area contributed by atoms with Crippen molar-refractivity contribution in [3.8, 4) is 11.6 Å². The Bertz CT molecular complexity index is 666. The summed E-state index contributed by atoms with van der Waals surface area (Å²) >= 11 is 7.20. The minimum Gasteiger partial charge on any atom is -0.432 e. The number of rotatable bonds is 4. The average molecular weight is 312 g/mol. The second-order valence-corrected chi connectivity index (χ2v) is 4.93. The first kappa shape index (κ1) is 14.5. The van der Waals surface area contributed by atoms with Crippen LogP contribution in [0.1, 0.15) is 5.69 Å². The first-order valence-electron chi connectivity index (χ1n) is 5.52. The molecule has 0 aliphatic heterocycles. The molecule has 0 aliphatic rings. The fourth-order valence-corrected chi connectivity index (χ4v) is 2.33. The summed E-state index contributed by atoms with van der Waals surface area (Å²) in [7, 11) is 0. The Balaban J connectivity index is 2.50. The van der Waals surface area contributed by atoms with Gasteiger partial charge in [-0.25, -0.2) is 4.98 Å². The number of nitrogens with zero attached hydrogens (tertiary/aromatic N) is 3. The Kier molecular flexibility index (Phi) is 4.41. The zero-order valence-corrected chi connectivity index (χ0v) is 12.2. The molecule has 0 N–H and O–H groups in total. The summed E-state index contributed by atoms with van der Waals surface area (Å²) in [6.07, 6.45) is 1.88. The molecule has 0 saturated carbocycles. The van der Waals surface area contributed by atoms with Gasteiger partial charge in [0.25, 0.3) is 0 Å². The van der Waals surface area contributed by atoms with Crippen LogP contribution >= 0.6 is 23.4 Å². The fourth-order valence-electron chi connectivity index (χ4n) is 1.60. The summed E-state index contributed by atoms with van der Waals surface area (Å²) in [5.74, 6) is 0.325. The van der Waals surface area contributed by atoms with Gasteiger partial charge in [-0.2, -0.15) is 4.98 Å². The maximum atomic E-state index is 11.1. The number of benzene rings is 1. The molecule has 6 nitrogen and oxygen atoms in total. The molecule has 0 amide bonds. The third kappa shape index (κ3) is 3.00. The van der Waals surface area contributed by atoms with Gasteiger partial charge in [-0.3, -0.25) is 10.1 Å². The lowest BCUT2D eigenvalue weighted by atomic mass is 10.3. The molecule has 0 saturated heterocycles. The lowest BCUT2D eigenvalue weighted by Crippen LogP contribution is -2.01. The molecule has 0 aliphatic carbocycles. The van der Waals surface area contributed by atoms with Gasteiger partial charge in [0.05, 0.1) is 4.92 Å². The van der Waals surface area contributed by atoms with E-state index in [4.69, 9.17) is 16.3 Å². The molecule has 2 rings (SSSR count). The SMILES string of the molecule is CSc1ccccc1Oc1nc(Cl)nc(C)c1[N+](=O)[O-]. The summed E-state index contributed by atoms with van der Waals surface area (Å²) in [5, 5.41) is 11.0. The van der Waals surface area contributed by atoms with Gasteiger partial charge in [0.1, 0.15) is 11.4 Å². The van der Waals surface area contributed by atoms with Gasteiger partial charge >= 0.3 is 11.6 Å². The largest absolute Gasteiger partial charge is 0.432 e. The lowest BCUT2D eigenvalue weighted by Gasteiger charge is -2.09. The molecule has 0 atom stereocenters. The fraction of sp³-hybridized carbons (Fsp3) is 0.167. The zero-order valence-electron chi connectivity index (χ0n) is 10.7. The average Bonchev–Trinajstić information content (AvgIpc) is 2.38. The highest BCUT2D eigenvalue weighted by Crippen LogP contribution is 2.36. The first-order chi connectivity index (χ1) is 9.52. The number of thioether (sulfide) groups is 1. The molecule has 20 heavy (non-hydrogen) atoms. The number of para-hydroxylation sites is 1. The van der Waals surface area contributed by atoms with Gasteiger partial charge in [-0.15, -0.1) is 11.8 Å². The number of halogens is 1. The van der Waals surface area contributed by atoms with E-state index in [1.165, 1.54) is 18.7 Å². The van der Waals surface area contributed by atoms with Crippen LogP contribution in [0.2, 0.25) is 5.28 Å². The van der Waals surface area contributed by atoms with Crippen LogP contribution in [0, 0.1) is 17.0 Å². The Morgan fingerprint density at radius 3 is 2.70 bits per heavy atom. The number of nitro groups is 1. The van der Waals surface area contributed by atoms with E-state index in [1.807, 2.05) is 18.4 Å². The van der Waals surface area contributed by atoms with E-state index >= 15 is 0 Å². The van der Waals surface area contributed by atoms with Crippen molar-refractivity contribution in [2.45, 2.75) is 11.8 Å². The molecule has 1 aromatic carbocycles. The van der Waals surface area contributed by atoms with Gasteiger partial charge in [0.2, 0.25) is 5.28 Å². The van der Waals surface area contributed by atoms with E-state index in [2.05, 4.69) is 9.97 Å². The lowest BCUT2D eigenvalue weighted by molar-refractivity contribution is -0.386. The van der Waals surface area contributed by atoms with Crippen molar-refractivity contribution in [2.75, 3.05) is 6.26 Å². The van der Waals surface area contributed by atoms with Gasteiger partial charge in [0, 0.05) is 4.90 Å². The number of hydrogen-bond acceptors (Lipinski definition) is 6. The Morgan fingerprint density at radius 2 is 2.05 bits per heavy atom. The van der Waals surface area contributed by atoms with E-state index in [0.29, 0.717) is 5.75 Å². The van der Waals surface area contributed by atoms with E-state index in [0.717, 1.165) is 4.90 Å². The highest BCUT2D eigenvalue weighted by atomic mass is 35.5. The molecule has 2 aromatic rings. The Labute approximate surface area is 124 Å². The van der Waals surface area contributed by atoms with Crippen molar-refractivity contribution >= 4 is 29.1 Å². The number of ether oxygens (including phenoxy) is 1. The first-order valence-corrected chi connectivity index (χ1v) is 7.12. The van der Waals surface area contributed by atoms with Crippen molar-refractivity contribution in [3.05, 3.63) is 45.4 Å². The van der Waals surface area contributed by atoms with Crippen molar-refractivity contribution in [2.24, 2.45) is 0 Å². The normalized spacial score (nSPS) is 10.3. The summed E-state index contributed by atoms with van der Waals surface area (Å²) in [5.41, 5.74) is -0.128. The van der Waals surface area contributed by atoms with Crippen LogP contribution in [0.3, 0.4) is 0 Å². The Morgan fingerprint density at radius 1 is 1.35 bits per heavy atom. The summed E-state index contributed by atoms with van der Waals surface area (Å²) in [6.45, 7) is 1.49. The van der Waals surface area contributed by atoms with E-state index < -0.39 is 4.92 Å². The zero-order chi connectivity index (χ0) is 14.7. The highest BCUT2D eigenvalue weighted by Gasteiger charge is 2.24. The van der Waals surface area contributed by atoms with E-state index in [1.54, 1.807) is 12.1 Å². The van der Waals surface area contributed by atoms with Crippen LogP contribution in [-0.4, -0.2) is 21.1 Å². The molecule has 1 aromatic heterocycles. The summed E-state index contributed by atoms with van der Waals surface area (Å²) in [6, 6.07) is 7.18. The highest BCUT2D eigenvalue weighted by molar-refractivity contribution is 7.98. The maximum Gasteiger partial charge on any atom is 0.352 e. The summed E-state index contributed by atoms with van der Waals surface area (Å²) < 4.78 is 5.56. The minimum atomic E-state index is -0.581. The molecule has 1 heterocycles. The van der Waals surface area contributed by atoms with Crippen LogP contribution in [0.25, 0.3) is 0 Å². The molecule has 0 unspecified atom stereocenters. The predicted octanol–water partition coefficient (Wildman–Crippen LogP) is 3.86. The van der Waals surface area contributed by atoms with E-state index in [-0.39, 0.29) is 22.5 Å². The minimum absolute atomic E-state index is 0.0928. The second kappa shape index (κ2) is 6.06. The topological polar surface area (TPSA) is 78.2 Å². The predicted molar refractivity (Wildman–Crippen MR) is 76.7 cm³/mol. The molecule has 8 heteroatoms. The quantitative estimate of drug-likeness (QED) is 0.369. The van der Waals surface area contributed by atoms with Gasteiger partial charge in [-0.1, -0.05) is 12.1 Å². The molecule has 0 radical (unpaired) electrons. The van der Waals surface area contributed by atoms with Crippen molar-refractivity contribution in [1.82, 2.24) is 9.97 Å². The van der Waals surface area contributed by atoms with Crippen LogP contribution in [0.4, 0.5) is 5.69 Å². The molecule has 0 fully saturated rings. The summed E-state index contributed by atoms with van der Waals surface area (Å²) in [4.78, 5) is 18.9. The van der Waals surface area contributed by atoms with Gasteiger partial charge in [0.15, 0.2) is 0 Å². The number of aryl methyl sites for hydroxylation is 1. The number of hydrogen-bond donors (Lipinski definition) is 0. The molecule has 0 bridgehead atoms. The number of aromatic nitrogens is 2. The third-order valence-electron chi connectivity index (χ3n) is 2.46. The maximum absolute atomic E-state index is 11.1.